The van der Waals surface area contributed by atoms with E-state index in [0.717, 1.165) is 0 Å². The second-order valence-corrected chi connectivity index (χ2v) is 2.25. The fourth-order valence-corrected chi connectivity index (χ4v) is 1.03. The molecule has 0 spiro atoms. The highest BCUT2D eigenvalue weighted by atomic mass is 16.5. The Labute approximate surface area is 69.8 Å². The number of terminal acetylenes is 1. The zero-order valence-electron chi connectivity index (χ0n) is 6.75. The van der Waals surface area contributed by atoms with Gasteiger partial charge in [-0.3, -0.25) is 4.79 Å². The summed E-state index contributed by atoms with van der Waals surface area (Å²) in [4.78, 5) is 11.1. The third-order valence-corrected chi connectivity index (χ3v) is 1.69. The number of hydrogen-bond donors (Lipinski definition) is 1. The SMILES string of the molecule is C#CC1(O)C(=O)C(OC)=C1OC. The summed E-state index contributed by atoms with van der Waals surface area (Å²) in [7, 11) is 2.62. The topological polar surface area (TPSA) is 55.8 Å². The van der Waals surface area contributed by atoms with Crippen LogP contribution in [0.1, 0.15) is 0 Å². The molecule has 0 aromatic rings. The zero-order chi connectivity index (χ0) is 9.35. The van der Waals surface area contributed by atoms with Gasteiger partial charge < -0.3 is 14.6 Å². The Morgan fingerprint density at radius 3 is 2.42 bits per heavy atom. The first kappa shape index (κ1) is 8.62. The predicted octanol–water partition coefficient (Wildman–Crippen LogP) is -0.562. The molecule has 0 aliphatic heterocycles. The van der Waals surface area contributed by atoms with Crippen LogP contribution in [0.4, 0.5) is 0 Å². The minimum atomic E-state index is -1.92. The zero-order valence-corrected chi connectivity index (χ0v) is 6.75. The van der Waals surface area contributed by atoms with Crippen LogP contribution in [-0.2, 0) is 14.3 Å². The second-order valence-electron chi connectivity index (χ2n) is 2.25. The fraction of sp³-hybridized carbons (Fsp3) is 0.375. The van der Waals surface area contributed by atoms with Gasteiger partial charge in [-0.25, -0.2) is 0 Å². The molecule has 0 saturated heterocycles. The van der Waals surface area contributed by atoms with Crippen LogP contribution in [0.2, 0.25) is 0 Å². The minimum Gasteiger partial charge on any atom is -0.493 e. The van der Waals surface area contributed by atoms with E-state index in [-0.39, 0.29) is 11.5 Å². The van der Waals surface area contributed by atoms with Gasteiger partial charge in [-0.15, -0.1) is 6.42 Å². The van der Waals surface area contributed by atoms with Crippen molar-refractivity contribution in [3.05, 3.63) is 11.5 Å². The van der Waals surface area contributed by atoms with Crippen LogP contribution in [0.25, 0.3) is 0 Å². The average Bonchev–Trinajstić information content (AvgIpc) is 2.11. The molecule has 0 fully saturated rings. The van der Waals surface area contributed by atoms with Crippen LogP contribution in [0.15, 0.2) is 11.5 Å². The lowest BCUT2D eigenvalue weighted by Crippen LogP contribution is -2.51. The third kappa shape index (κ3) is 0.742. The van der Waals surface area contributed by atoms with E-state index in [1.165, 1.54) is 14.2 Å². The summed E-state index contributed by atoms with van der Waals surface area (Å²) in [6.07, 6.45) is 4.95. The predicted molar refractivity (Wildman–Crippen MR) is 39.8 cm³/mol. The molecule has 0 aromatic carbocycles. The molecule has 1 unspecified atom stereocenters. The van der Waals surface area contributed by atoms with Crippen LogP contribution in [0.3, 0.4) is 0 Å². The number of methoxy groups -OCH3 is 2. The smallest absolute Gasteiger partial charge is 0.254 e. The van der Waals surface area contributed by atoms with Crippen molar-refractivity contribution in [3.63, 3.8) is 0 Å². The quantitative estimate of drug-likeness (QED) is 0.561. The van der Waals surface area contributed by atoms with Crippen molar-refractivity contribution in [1.82, 2.24) is 0 Å². The molecule has 1 rings (SSSR count). The molecule has 0 aromatic heterocycles. The molecule has 0 amide bonds. The summed E-state index contributed by atoms with van der Waals surface area (Å²) in [6.45, 7) is 0. The number of carbonyl (C=O) groups is 1. The molecule has 4 heteroatoms. The number of rotatable bonds is 2. The van der Waals surface area contributed by atoms with E-state index < -0.39 is 11.4 Å². The van der Waals surface area contributed by atoms with Gasteiger partial charge in [-0.05, 0) is 0 Å². The number of aliphatic hydroxyl groups is 1. The summed E-state index contributed by atoms with van der Waals surface area (Å²) in [5.41, 5.74) is -1.92. The first-order valence-corrected chi connectivity index (χ1v) is 3.19. The molecule has 1 aliphatic carbocycles. The molecule has 0 bridgehead atoms. The Balaban J connectivity index is 3.12. The van der Waals surface area contributed by atoms with E-state index in [1.54, 1.807) is 0 Å². The van der Waals surface area contributed by atoms with E-state index in [4.69, 9.17) is 11.2 Å². The van der Waals surface area contributed by atoms with Crippen molar-refractivity contribution in [2.24, 2.45) is 0 Å². The van der Waals surface area contributed by atoms with Gasteiger partial charge in [0.15, 0.2) is 5.76 Å². The van der Waals surface area contributed by atoms with E-state index >= 15 is 0 Å². The van der Waals surface area contributed by atoms with Gasteiger partial charge in [-0.1, -0.05) is 5.92 Å². The van der Waals surface area contributed by atoms with Crippen molar-refractivity contribution >= 4 is 5.78 Å². The Morgan fingerprint density at radius 1 is 1.50 bits per heavy atom. The second kappa shape index (κ2) is 2.54. The average molecular weight is 168 g/mol. The van der Waals surface area contributed by atoms with Crippen LogP contribution < -0.4 is 0 Å². The lowest BCUT2D eigenvalue weighted by atomic mass is 9.84. The van der Waals surface area contributed by atoms with Gasteiger partial charge in [0, 0.05) is 0 Å². The standard InChI is InChI=1S/C8H8O4/c1-4-8(10)6(9)5(11-2)7(8)12-3/h1,10H,2-3H3. The summed E-state index contributed by atoms with van der Waals surface area (Å²) in [5.74, 6) is 1.28. The molecule has 1 N–H and O–H groups in total. The van der Waals surface area contributed by atoms with Gasteiger partial charge >= 0.3 is 0 Å². The molecule has 12 heavy (non-hydrogen) atoms. The Bertz CT molecular complexity index is 297. The van der Waals surface area contributed by atoms with Crippen molar-refractivity contribution in [2.75, 3.05) is 14.2 Å². The maximum Gasteiger partial charge on any atom is 0.254 e. The van der Waals surface area contributed by atoms with Crippen LogP contribution >= 0.6 is 0 Å². The molecule has 0 radical (unpaired) electrons. The van der Waals surface area contributed by atoms with E-state index in [1.807, 2.05) is 5.92 Å². The molecule has 4 nitrogen and oxygen atoms in total. The first-order valence-electron chi connectivity index (χ1n) is 3.19. The Hall–Kier alpha value is -1.47. The monoisotopic (exact) mass is 168 g/mol. The molecule has 1 aliphatic rings. The normalized spacial score (nSPS) is 27.7. The molecule has 0 heterocycles. The Morgan fingerprint density at radius 2 is 2.08 bits per heavy atom. The molecular weight excluding hydrogens is 160 g/mol. The fourth-order valence-electron chi connectivity index (χ4n) is 1.03. The Kier molecular flexibility index (Phi) is 1.82. The molecule has 1 atom stereocenters. The maximum absolute atomic E-state index is 11.1. The maximum atomic E-state index is 11.1. The lowest BCUT2D eigenvalue weighted by Gasteiger charge is -2.32. The molecule has 0 saturated carbocycles. The highest BCUT2D eigenvalue weighted by molar-refractivity contribution is 6.12. The number of ketones is 1. The van der Waals surface area contributed by atoms with Crippen molar-refractivity contribution in [3.8, 4) is 12.3 Å². The van der Waals surface area contributed by atoms with Crippen LogP contribution in [0.5, 0.6) is 0 Å². The summed E-state index contributed by atoms with van der Waals surface area (Å²) in [5, 5.41) is 9.40. The van der Waals surface area contributed by atoms with Gasteiger partial charge in [-0.2, -0.15) is 0 Å². The van der Waals surface area contributed by atoms with E-state index in [2.05, 4.69) is 4.74 Å². The molecule has 64 valence electrons. The van der Waals surface area contributed by atoms with Crippen molar-refractivity contribution < 1.29 is 19.4 Å². The van der Waals surface area contributed by atoms with E-state index in [9.17, 15) is 9.90 Å². The number of Topliss-reactive ketones (excluding diaryl/α,β-unsaturated/α-hetero) is 1. The summed E-state index contributed by atoms with van der Waals surface area (Å²) < 4.78 is 9.36. The van der Waals surface area contributed by atoms with Crippen molar-refractivity contribution in [1.29, 1.82) is 0 Å². The van der Waals surface area contributed by atoms with Gasteiger partial charge in [0.2, 0.25) is 5.76 Å². The first-order chi connectivity index (χ1) is 5.61. The number of carbonyl (C=O) groups excluding carboxylic acids is 1. The lowest BCUT2D eigenvalue weighted by molar-refractivity contribution is -0.138. The van der Waals surface area contributed by atoms with Gasteiger partial charge in [0.1, 0.15) is 0 Å². The highest BCUT2D eigenvalue weighted by Gasteiger charge is 2.55. The minimum absolute atomic E-state index is 0.00231. The third-order valence-electron chi connectivity index (χ3n) is 1.69. The van der Waals surface area contributed by atoms with E-state index in [0.29, 0.717) is 0 Å². The largest absolute Gasteiger partial charge is 0.493 e. The van der Waals surface area contributed by atoms with Crippen LogP contribution in [-0.4, -0.2) is 30.7 Å². The summed E-state index contributed by atoms with van der Waals surface area (Å²) >= 11 is 0. The van der Waals surface area contributed by atoms with Gasteiger partial charge in [0.05, 0.1) is 14.2 Å². The highest BCUT2D eigenvalue weighted by Crippen LogP contribution is 2.35. The van der Waals surface area contributed by atoms with Crippen molar-refractivity contribution in [2.45, 2.75) is 5.60 Å². The molecular formula is C8H8O4. The van der Waals surface area contributed by atoms with Gasteiger partial charge in [0.25, 0.3) is 11.4 Å². The summed E-state index contributed by atoms with van der Waals surface area (Å²) in [6, 6.07) is 0. The number of hydrogen-bond acceptors (Lipinski definition) is 4. The number of ether oxygens (including phenoxy) is 2. The van der Waals surface area contributed by atoms with Crippen LogP contribution in [0, 0.1) is 12.3 Å².